The minimum absolute atomic E-state index is 0. The van der Waals surface area contributed by atoms with Crippen LogP contribution in [0.25, 0.3) is 0 Å². The van der Waals surface area contributed by atoms with E-state index >= 15 is 0 Å². The third-order valence-electron chi connectivity index (χ3n) is 4.51. The van der Waals surface area contributed by atoms with Gasteiger partial charge in [0.25, 0.3) is 0 Å². The van der Waals surface area contributed by atoms with E-state index in [1.165, 1.54) is 81.9 Å². The molecule has 0 amide bonds. The lowest BCUT2D eigenvalue weighted by Gasteiger charge is -2.26. The molecule has 0 heterocycles. The van der Waals surface area contributed by atoms with Gasteiger partial charge in [0.15, 0.2) is 0 Å². The summed E-state index contributed by atoms with van der Waals surface area (Å²) >= 11 is 0. The van der Waals surface area contributed by atoms with E-state index in [2.05, 4.69) is 52.3 Å². The topological polar surface area (TPSA) is 0 Å². The summed E-state index contributed by atoms with van der Waals surface area (Å²) in [7, 11) is 6.78. The van der Waals surface area contributed by atoms with Gasteiger partial charge >= 0.3 is 0 Å². The summed E-state index contributed by atoms with van der Waals surface area (Å²) in [4.78, 5) is 0. The summed E-state index contributed by atoms with van der Waals surface area (Å²) in [5.41, 5.74) is 3.01. The molecular weight excluding hydrogens is 302 g/mol. The van der Waals surface area contributed by atoms with Crippen LogP contribution in [0.15, 0.2) is 24.3 Å². The summed E-state index contributed by atoms with van der Waals surface area (Å²) in [6.07, 6.45) is 15.4. The summed E-state index contributed by atoms with van der Waals surface area (Å²) in [6, 6.07) is 8.95. The molecule has 0 fully saturated rings. The largest absolute Gasteiger partial charge is 1.00 e. The van der Waals surface area contributed by atoms with Gasteiger partial charge in [0.05, 0.1) is 21.1 Å². The summed E-state index contributed by atoms with van der Waals surface area (Å²) in [6.45, 7) is 2.29. The highest BCUT2D eigenvalue weighted by Gasteiger charge is 2.15. The molecular formula is C21H38ClN. The molecule has 23 heavy (non-hydrogen) atoms. The SMILES string of the molecule is CCCCCCCCCCCCc1ccccc1[N+](C)(C)C.[Cl-]. The molecule has 0 radical (unpaired) electrons. The molecule has 0 aliphatic rings. The summed E-state index contributed by atoms with van der Waals surface area (Å²) < 4.78 is 0.925. The highest BCUT2D eigenvalue weighted by atomic mass is 35.5. The Kier molecular flexibility index (Phi) is 12.5. The van der Waals surface area contributed by atoms with Crippen molar-refractivity contribution in [2.24, 2.45) is 0 Å². The molecule has 134 valence electrons. The smallest absolute Gasteiger partial charge is 0.135 e. The van der Waals surface area contributed by atoms with Crippen molar-refractivity contribution in [2.75, 3.05) is 21.1 Å². The van der Waals surface area contributed by atoms with E-state index in [4.69, 9.17) is 0 Å². The minimum atomic E-state index is 0. The molecule has 2 heteroatoms. The van der Waals surface area contributed by atoms with Crippen LogP contribution in [0.3, 0.4) is 0 Å². The van der Waals surface area contributed by atoms with Crippen LogP contribution in [0.2, 0.25) is 0 Å². The van der Waals surface area contributed by atoms with Crippen LogP contribution in [-0.2, 0) is 6.42 Å². The maximum absolute atomic E-state index is 2.31. The van der Waals surface area contributed by atoms with Gasteiger partial charge in [-0.15, -0.1) is 0 Å². The second kappa shape index (κ2) is 12.8. The Bertz CT molecular complexity index is 395. The van der Waals surface area contributed by atoms with Crippen molar-refractivity contribution in [2.45, 2.75) is 77.6 Å². The van der Waals surface area contributed by atoms with Gasteiger partial charge in [0, 0.05) is 5.56 Å². The zero-order valence-corrected chi connectivity index (χ0v) is 16.7. The van der Waals surface area contributed by atoms with Gasteiger partial charge < -0.3 is 12.4 Å². The van der Waals surface area contributed by atoms with E-state index in [1.807, 2.05) is 0 Å². The first kappa shape index (κ1) is 22.5. The first-order chi connectivity index (χ1) is 10.6. The lowest BCUT2D eigenvalue weighted by atomic mass is 10.0. The molecule has 0 aromatic heterocycles. The number of hydrogen-bond donors (Lipinski definition) is 0. The molecule has 0 N–H and O–H groups in total. The van der Waals surface area contributed by atoms with Crippen molar-refractivity contribution in [1.82, 2.24) is 4.48 Å². The van der Waals surface area contributed by atoms with E-state index in [1.54, 1.807) is 0 Å². The molecule has 1 rings (SSSR count). The first-order valence-electron chi connectivity index (χ1n) is 9.45. The van der Waals surface area contributed by atoms with E-state index in [-0.39, 0.29) is 12.4 Å². The number of para-hydroxylation sites is 1. The van der Waals surface area contributed by atoms with Crippen molar-refractivity contribution in [1.29, 1.82) is 0 Å². The highest BCUT2D eigenvalue weighted by molar-refractivity contribution is 5.49. The number of rotatable bonds is 12. The molecule has 0 spiro atoms. The monoisotopic (exact) mass is 339 g/mol. The predicted molar refractivity (Wildman–Crippen MR) is 102 cm³/mol. The molecule has 1 nitrogen and oxygen atoms in total. The predicted octanol–water partition coefficient (Wildman–Crippen LogP) is 3.35. The zero-order chi connectivity index (χ0) is 16.3. The lowest BCUT2D eigenvalue weighted by Crippen LogP contribution is -3.00. The molecule has 1 aromatic rings. The highest BCUT2D eigenvalue weighted by Crippen LogP contribution is 2.24. The molecule has 0 bridgehead atoms. The Morgan fingerprint density at radius 1 is 0.696 bits per heavy atom. The number of nitrogens with zero attached hydrogens (tertiary/aromatic N) is 1. The van der Waals surface area contributed by atoms with Crippen LogP contribution in [0.5, 0.6) is 0 Å². The van der Waals surface area contributed by atoms with Crippen molar-refractivity contribution in [3.8, 4) is 0 Å². The average Bonchev–Trinajstić information content (AvgIpc) is 2.48. The quantitative estimate of drug-likeness (QED) is 0.404. The van der Waals surface area contributed by atoms with E-state index in [0.717, 1.165) is 4.48 Å². The Labute approximate surface area is 151 Å². The van der Waals surface area contributed by atoms with Gasteiger partial charge in [-0.2, -0.15) is 0 Å². The lowest BCUT2D eigenvalue weighted by molar-refractivity contribution is -0.00000506. The van der Waals surface area contributed by atoms with Gasteiger partial charge in [-0.05, 0) is 18.9 Å². The molecule has 0 aliphatic carbocycles. The van der Waals surface area contributed by atoms with Crippen LogP contribution < -0.4 is 16.9 Å². The minimum Gasteiger partial charge on any atom is -1.00 e. The van der Waals surface area contributed by atoms with Crippen LogP contribution >= 0.6 is 0 Å². The Morgan fingerprint density at radius 3 is 1.70 bits per heavy atom. The molecule has 0 saturated carbocycles. The maximum atomic E-state index is 2.31. The van der Waals surface area contributed by atoms with Crippen molar-refractivity contribution in [3.63, 3.8) is 0 Å². The van der Waals surface area contributed by atoms with E-state index in [9.17, 15) is 0 Å². The number of halogens is 1. The van der Waals surface area contributed by atoms with Gasteiger partial charge in [-0.1, -0.05) is 82.9 Å². The van der Waals surface area contributed by atoms with Crippen molar-refractivity contribution in [3.05, 3.63) is 29.8 Å². The normalized spacial score (nSPS) is 11.3. The molecule has 0 unspecified atom stereocenters. The third-order valence-corrected chi connectivity index (χ3v) is 4.51. The fraction of sp³-hybridized carbons (Fsp3) is 0.714. The Balaban J connectivity index is 0.00000484. The fourth-order valence-corrected chi connectivity index (χ4v) is 3.18. The van der Waals surface area contributed by atoms with Crippen LogP contribution in [0.4, 0.5) is 5.69 Å². The second-order valence-electron chi connectivity index (χ2n) is 7.57. The number of quaternary nitrogens is 1. The van der Waals surface area contributed by atoms with Crippen LogP contribution in [-0.4, -0.2) is 21.1 Å². The van der Waals surface area contributed by atoms with Crippen LogP contribution in [0.1, 0.15) is 76.7 Å². The second-order valence-corrected chi connectivity index (χ2v) is 7.57. The summed E-state index contributed by atoms with van der Waals surface area (Å²) in [5.74, 6) is 0. The molecule has 1 aromatic carbocycles. The average molecular weight is 340 g/mol. The third kappa shape index (κ3) is 10.0. The Hall–Kier alpha value is -0.530. The molecule has 0 saturated heterocycles. The maximum Gasteiger partial charge on any atom is 0.135 e. The van der Waals surface area contributed by atoms with Gasteiger partial charge in [0.2, 0.25) is 0 Å². The van der Waals surface area contributed by atoms with Crippen molar-refractivity contribution < 1.29 is 12.4 Å². The molecule has 0 atom stereocenters. The van der Waals surface area contributed by atoms with E-state index in [0.29, 0.717) is 0 Å². The number of unbranched alkanes of at least 4 members (excludes halogenated alkanes) is 9. The Morgan fingerprint density at radius 2 is 1.17 bits per heavy atom. The van der Waals surface area contributed by atoms with Gasteiger partial charge in [0.1, 0.15) is 5.69 Å². The molecule has 0 aliphatic heterocycles. The van der Waals surface area contributed by atoms with Gasteiger partial charge in [-0.3, -0.25) is 4.48 Å². The number of benzene rings is 1. The van der Waals surface area contributed by atoms with Gasteiger partial charge in [-0.25, -0.2) is 0 Å². The van der Waals surface area contributed by atoms with Crippen LogP contribution in [0, 0.1) is 0 Å². The number of aryl methyl sites for hydroxylation is 1. The standard InChI is InChI=1S/C21H38N.ClH/c1-5-6-7-8-9-10-11-12-13-14-17-20-18-15-16-19-21(20)22(2,3)4;/h15-16,18-19H,5-14,17H2,1-4H3;1H/q+1;/p-1. The first-order valence-corrected chi connectivity index (χ1v) is 9.45. The summed E-state index contributed by atoms with van der Waals surface area (Å²) in [5, 5.41) is 0. The number of hydrogen-bond acceptors (Lipinski definition) is 0. The fourth-order valence-electron chi connectivity index (χ4n) is 3.18. The zero-order valence-electron chi connectivity index (χ0n) is 15.9. The van der Waals surface area contributed by atoms with Crippen molar-refractivity contribution >= 4 is 5.69 Å². The van der Waals surface area contributed by atoms with E-state index < -0.39 is 0 Å².